The lowest BCUT2D eigenvalue weighted by molar-refractivity contribution is 0.220. The molecular formula is C13H25N. The fourth-order valence-corrected chi connectivity index (χ4v) is 2.23. The van der Waals surface area contributed by atoms with E-state index in [0.717, 1.165) is 18.9 Å². The first-order valence-electron chi connectivity index (χ1n) is 5.92. The van der Waals surface area contributed by atoms with E-state index >= 15 is 0 Å². The van der Waals surface area contributed by atoms with Gasteiger partial charge in [0.25, 0.3) is 0 Å². The van der Waals surface area contributed by atoms with Crippen molar-refractivity contribution >= 4 is 0 Å². The van der Waals surface area contributed by atoms with E-state index in [4.69, 9.17) is 5.73 Å². The zero-order chi connectivity index (χ0) is 10.6. The summed E-state index contributed by atoms with van der Waals surface area (Å²) in [6.07, 6.45) is 8.82. The van der Waals surface area contributed by atoms with E-state index in [-0.39, 0.29) is 0 Å². The van der Waals surface area contributed by atoms with Gasteiger partial charge >= 0.3 is 0 Å². The van der Waals surface area contributed by atoms with Gasteiger partial charge in [-0.15, -0.1) is 0 Å². The average Bonchev–Trinajstić information content (AvgIpc) is 2.14. The van der Waals surface area contributed by atoms with Gasteiger partial charge in [-0.05, 0) is 50.0 Å². The van der Waals surface area contributed by atoms with Gasteiger partial charge in [-0.25, -0.2) is 0 Å². The predicted molar refractivity (Wildman–Crippen MR) is 63.2 cm³/mol. The highest BCUT2D eigenvalue weighted by molar-refractivity contribution is 5.07. The predicted octanol–water partition coefficient (Wildman–Crippen LogP) is 3.50. The minimum atomic E-state index is 0.482. The molecule has 0 aromatic heterocycles. The number of allylic oxidation sites excluding steroid dienone is 2. The lowest BCUT2D eigenvalue weighted by Gasteiger charge is -2.33. The molecule has 0 aromatic carbocycles. The largest absolute Gasteiger partial charge is 0.330 e. The molecule has 0 aliphatic heterocycles. The zero-order valence-electron chi connectivity index (χ0n) is 9.97. The molecule has 1 nitrogen and oxygen atoms in total. The van der Waals surface area contributed by atoms with Crippen LogP contribution in [0.15, 0.2) is 11.6 Å². The third-order valence-electron chi connectivity index (χ3n) is 3.43. The van der Waals surface area contributed by atoms with Crippen LogP contribution in [0, 0.1) is 11.3 Å². The van der Waals surface area contributed by atoms with E-state index in [1.807, 2.05) is 0 Å². The summed E-state index contributed by atoms with van der Waals surface area (Å²) in [6.45, 7) is 7.91. The van der Waals surface area contributed by atoms with Gasteiger partial charge in [0, 0.05) is 0 Å². The van der Waals surface area contributed by atoms with E-state index in [1.54, 1.807) is 5.57 Å². The van der Waals surface area contributed by atoms with Crippen LogP contribution in [0.3, 0.4) is 0 Å². The van der Waals surface area contributed by atoms with Gasteiger partial charge in [-0.2, -0.15) is 0 Å². The van der Waals surface area contributed by atoms with Crippen LogP contribution in [0.2, 0.25) is 0 Å². The molecule has 1 aliphatic rings. The smallest absolute Gasteiger partial charge is 0.00742 e. The minimum Gasteiger partial charge on any atom is -0.330 e. The average molecular weight is 195 g/mol. The SMILES string of the molecule is CC(C)(C)C1CC=C(CCCN)CC1. The third kappa shape index (κ3) is 3.45. The van der Waals surface area contributed by atoms with E-state index in [2.05, 4.69) is 26.8 Å². The van der Waals surface area contributed by atoms with Crippen molar-refractivity contribution < 1.29 is 0 Å². The molecule has 0 saturated carbocycles. The Hall–Kier alpha value is -0.300. The second kappa shape index (κ2) is 4.97. The van der Waals surface area contributed by atoms with Gasteiger partial charge in [-0.3, -0.25) is 0 Å². The second-order valence-corrected chi connectivity index (χ2v) is 5.59. The Labute approximate surface area is 88.8 Å². The van der Waals surface area contributed by atoms with Crippen molar-refractivity contribution in [3.63, 3.8) is 0 Å². The summed E-state index contributed by atoms with van der Waals surface area (Å²) in [7, 11) is 0. The molecule has 1 atom stereocenters. The van der Waals surface area contributed by atoms with Crippen LogP contribution in [0.5, 0.6) is 0 Å². The third-order valence-corrected chi connectivity index (χ3v) is 3.43. The Morgan fingerprint density at radius 2 is 2.14 bits per heavy atom. The van der Waals surface area contributed by atoms with Crippen LogP contribution < -0.4 is 5.73 Å². The summed E-state index contributed by atoms with van der Waals surface area (Å²) in [5, 5.41) is 0. The molecule has 14 heavy (non-hydrogen) atoms. The number of rotatable bonds is 3. The summed E-state index contributed by atoms with van der Waals surface area (Å²) >= 11 is 0. The monoisotopic (exact) mass is 195 g/mol. The van der Waals surface area contributed by atoms with Crippen molar-refractivity contribution in [1.29, 1.82) is 0 Å². The zero-order valence-corrected chi connectivity index (χ0v) is 9.97. The van der Waals surface area contributed by atoms with Crippen LogP contribution in [0.1, 0.15) is 52.9 Å². The minimum absolute atomic E-state index is 0.482. The lowest BCUT2D eigenvalue weighted by Crippen LogP contribution is -2.22. The second-order valence-electron chi connectivity index (χ2n) is 5.59. The maximum atomic E-state index is 5.52. The highest BCUT2D eigenvalue weighted by Gasteiger charge is 2.25. The van der Waals surface area contributed by atoms with Crippen molar-refractivity contribution in [2.24, 2.45) is 17.1 Å². The van der Waals surface area contributed by atoms with Gasteiger partial charge in [-0.1, -0.05) is 32.4 Å². The summed E-state index contributed by atoms with van der Waals surface area (Å²) in [5.74, 6) is 0.879. The summed E-state index contributed by atoms with van der Waals surface area (Å²) < 4.78 is 0. The molecule has 0 bridgehead atoms. The maximum Gasteiger partial charge on any atom is -0.00742 e. The maximum absolute atomic E-state index is 5.52. The van der Waals surface area contributed by atoms with E-state index in [9.17, 15) is 0 Å². The molecule has 0 saturated heterocycles. The standard InChI is InChI=1S/C13H25N/c1-13(2,3)12-8-6-11(7-9-12)5-4-10-14/h6,12H,4-5,7-10,14H2,1-3H3. The molecule has 0 amide bonds. The molecular weight excluding hydrogens is 170 g/mol. The molecule has 0 fully saturated rings. The van der Waals surface area contributed by atoms with Crippen molar-refractivity contribution in [2.45, 2.75) is 52.9 Å². The van der Waals surface area contributed by atoms with Gasteiger partial charge in [0.2, 0.25) is 0 Å². The van der Waals surface area contributed by atoms with Crippen molar-refractivity contribution in [3.05, 3.63) is 11.6 Å². The molecule has 0 heterocycles. The first kappa shape index (κ1) is 11.8. The number of nitrogens with two attached hydrogens (primary N) is 1. The van der Waals surface area contributed by atoms with Gasteiger partial charge in [0.05, 0.1) is 0 Å². The quantitative estimate of drug-likeness (QED) is 0.685. The molecule has 1 aliphatic carbocycles. The number of hydrogen-bond acceptors (Lipinski definition) is 1. The van der Waals surface area contributed by atoms with Crippen molar-refractivity contribution in [2.75, 3.05) is 6.54 Å². The lowest BCUT2D eigenvalue weighted by atomic mass is 9.73. The molecule has 1 unspecified atom stereocenters. The molecule has 0 aromatic rings. The Kier molecular flexibility index (Phi) is 4.18. The molecule has 82 valence electrons. The molecule has 2 N–H and O–H groups in total. The normalized spacial score (nSPS) is 23.4. The molecule has 0 radical (unpaired) electrons. The fourth-order valence-electron chi connectivity index (χ4n) is 2.23. The Balaban J connectivity index is 2.39. The molecule has 1 rings (SSSR count). The van der Waals surface area contributed by atoms with E-state index in [0.29, 0.717) is 5.41 Å². The molecule has 1 heteroatoms. The number of hydrogen-bond donors (Lipinski definition) is 1. The van der Waals surface area contributed by atoms with Crippen LogP contribution in [-0.2, 0) is 0 Å². The van der Waals surface area contributed by atoms with Crippen molar-refractivity contribution in [1.82, 2.24) is 0 Å². The van der Waals surface area contributed by atoms with E-state index in [1.165, 1.54) is 25.7 Å². The van der Waals surface area contributed by atoms with Crippen molar-refractivity contribution in [3.8, 4) is 0 Å². The fraction of sp³-hybridized carbons (Fsp3) is 0.846. The van der Waals surface area contributed by atoms with Gasteiger partial charge in [0.15, 0.2) is 0 Å². The summed E-state index contributed by atoms with van der Waals surface area (Å²) in [6, 6.07) is 0. The first-order valence-corrected chi connectivity index (χ1v) is 5.92. The van der Waals surface area contributed by atoms with Crippen LogP contribution in [0.25, 0.3) is 0 Å². The Bertz CT molecular complexity index is 198. The van der Waals surface area contributed by atoms with Gasteiger partial charge in [0.1, 0.15) is 0 Å². The highest BCUT2D eigenvalue weighted by Crippen LogP contribution is 2.37. The molecule has 0 spiro atoms. The highest BCUT2D eigenvalue weighted by atomic mass is 14.5. The summed E-state index contributed by atoms with van der Waals surface area (Å²) in [4.78, 5) is 0. The van der Waals surface area contributed by atoms with E-state index < -0.39 is 0 Å². The topological polar surface area (TPSA) is 26.0 Å². The Morgan fingerprint density at radius 3 is 2.57 bits per heavy atom. The van der Waals surface area contributed by atoms with Crippen LogP contribution in [0.4, 0.5) is 0 Å². The summed E-state index contributed by atoms with van der Waals surface area (Å²) in [5.41, 5.74) is 7.65. The first-order chi connectivity index (χ1) is 6.54. The Morgan fingerprint density at radius 1 is 1.43 bits per heavy atom. The van der Waals surface area contributed by atoms with Crippen LogP contribution in [-0.4, -0.2) is 6.54 Å². The van der Waals surface area contributed by atoms with Crippen LogP contribution >= 0.6 is 0 Å². The van der Waals surface area contributed by atoms with Gasteiger partial charge < -0.3 is 5.73 Å².